The summed E-state index contributed by atoms with van der Waals surface area (Å²) in [6.45, 7) is -0.0213. The lowest BCUT2D eigenvalue weighted by molar-refractivity contribution is 0.281. The highest BCUT2D eigenvalue weighted by molar-refractivity contribution is 9.10. The van der Waals surface area contributed by atoms with Crippen LogP contribution in [0.2, 0.25) is 0 Å². The first-order valence-electron chi connectivity index (χ1n) is 5.79. The third-order valence-electron chi connectivity index (χ3n) is 2.66. The zero-order valence-electron chi connectivity index (χ0n) is 10.5. The van der Waals surface area contributed by atoms with E-state index in [1.165, 1.54) is 0 Å². The van der Waals surface area contributed by atoms with Crippen LogP contribution in [0.4, 0.5) is 0 Å². The zero-order chi connectivity index (χ0) is 14.5. The minimum Gasteiger partial charge on any atom is -0.457 e. The van der Waals surface area contributed by atoms with Gasteiger partial charge < -0.3 is 20.8 Å². The van der Waals surface area contributed by atoms with E-state index < -0.39 is 0 Å². The highest BCUT2D eigenvalue weighted by Crippen LogP contribution is 2.28. The van der Waals surface area contributed by atoms with E-state index in [4.69, 9.17) is 20.8 Å². The smallest absolute Gasteiger partial charge is 0.173 e. The monoisotopic (exact) mass is 336 g/mol. The molecule has 0 aromatic heterocycles. The molecule has 104 valence electrons. The first-order valence-corrected chi connectivity index (χ1v) is 6.58. The van der Waals surface area contributed by atoms with Gasteiger partial charge in [-0.25, -0.2) is 0 Å². The van der Waals surface area contributed by atoms with Crippen molar-refractivity contribution < 1.29 is 15.1 Å². The molecule has 0 radical (unpaired) electrons. The molecule has 2 aromatic carbocycles. The number of nitrogens with two attached hydrogens (primary N) is 1. The number of halogens is 1. The maximum absolute atomic E-state index is 9.00. The average molecular weight is 337 g/mol. The molecule has 0 unspecified atom stereocenters. The summed E-state index contributed by atoms with van der Waals surface area (Å²) in [6, 6.07) is 12.2. The number of aliphatic hydroxyl groups excluding tert-OH is 1. The van der Waals surface area contributed by atoms with Crippen molar-refractivity contribution in [3.05, 3.63) is 58.1 Å². The van der Waals surface area contributed by atoms with E-state index in [9.17, 15) is 0 Å². The molecule has 0 bridgehead atoms. The van der Waals surface area contributed by atoms with Crippen LogP contribution in [0.15, 0.2) is 52.1 Å². The predicted octanol–water partition coefficient (Wildman–Crippen LogP) is 2.83. The van der Waals surface area contributed by atoms with Crippen LogP contribution in [-0.4, -0.2) is 16.1 Å². The molecule has 0 fully saturated rings. The van der Waals surface area contributed by atoms with Gasteiger partial charge in [0.25, 0.3) is 0 Å². The first kappa shape index (κ1) is 14.4. The van der Waals surface area contributed by atoms with Crippen molar-refractivity contribution >= 4 is 21.8 Å². The molecule has 0 aliphatic rings. The predicted molar refractivity (Wildman–Crippen MR) is 79.1 cm³/mol. The van der Waals surface area contributed by atoms with Gasteiger partial charge in [-0.3, -0.25) is 0 Å². The maximum atomic E-state index is 9.00. The Morgan fingerprint density at radius 2 is 1.90 bits per heavy atom. The van der Waals surface area contributed by atoms with Crippen molar-refractivity contribution in [2.24, 2.45) is 10.9 Å². The Balaban J connectivity index is 2.33. The summed E-state index contributed by atoms with van der Waals surface area (Å²) in [7, 11) is 0. The Morgan fingerprint density at radius 1 is 1.20 bits per heavy atom. The van der Waals surface area contributed by atoms with Crippen LogP contribution in [0.1, 0.15) is 11.1 Å². The number of hydrogen-bond acceptors (Lipinski definition) is 4. The number of amidine groups is 1. The SMILES string of the molecule is N/C(=N/O)c1ccc(Br)cc1Oc1ccc(CO)cc1. The first-order chi connectivity index (χ1) is 9.63. The maximum Gasteiger partial charge on any atom is 0.173 e. The molecule has 20 heavy (non-hydrogen) atoms. The third kappa shape index (κ3) is 3.28. The van der Waals surface area contributed by atoms with Gasteiger partial charge in [0, 0.05) is 4.47 Å². The van der Waals surface area contributed by atoms with Crippen LogP contribution >= 0.6 is 15.9 Å². The third-order valence-corrected chi connectivity index (χ3v) is 3.15. The van der Waals surface area contributed by atoms with Gasteiger partial charge in [0.1, 0.15) is 11.5 Å². The second-order valence-corrected chi connectivity index (χ2v) is 4.95. The van der Waals surface area contributed by atoms with Gasteiger partial charge in [0.05, 0.1) is 12.2 Å². The van der Waals surface area contributed by atoms with Gasteiger partial charge in [0.15, 0.2) is 5.84 Å². The zero-order valence-corrected chi connectivity index (χ0v) is 12.0. The number of benzene rings is 2. The summed E-state index contributed by atoms with van der Waals surface area (Å²) in [5.74, 6) is 1.03. The van der Waals surface area contributed by atoms with E-state index in [0.29, 0.717) is 17.1 Å². The fourth-order valence-corrected chi connectivity index (χ4v) is 1.98. The van der Waals surface area contributed by atoms with Gasteiger partial charge in [-0.1, -0.05) is 33.2 Å². The summed E-state index contributed by atoms with van der Waals surface area (Å²) in [6.07, 6.45) is 0. The average Bonchev–Trinajstić information content (AvgIpc) is 2.47. The van der Waals surface area contributed by atoms with Gasteiger partial charge in [-0.2, -0.15) is 0 Å². The number of aliphatic hydroxyl groups is 1. The van der Waals surface area contributed by atoms with Gasteiger partial charge in [0.2, 0.25) is 0 Å². The van der Waals surface area contributed by atoms with Crippen molar-refractivity contribution in [3.8, 4) is 11.5 Å². The number of oxime groups is 1. The molecule has 4 N–H and O–H groups in total. The number of rotatable bonds is 4. The van der Waals surface area contributed by atoms with E-state index >= 15 is 0 Å². The molecule has 2 aromatic rings. The lowest BCUT2D eigenvalue weighted by Crippen LogP contribution is -2.14. The van der Waals surface area contributed by atoms with Crippen LogP contribution in [0, 0.1) is 0 Å². The summed E-state index contributed by atoms with van der Waals surface area (Å²) in [5, 5.41) is 20.8. The molecule has 0 saturated heterocycles. The molecule has 0 aliphatic carbocycles. The molecule has 0 saturated carbocycles. The van der Waals surface area contributed by atoms with Crippen molar-refractivity contribution in [1.29, 1.82) is 0 Å². The summed E-state index contributed by atoms with van der Waals surface area (Å²) in [5.41, 5.74) is 6.90. The fraction of sp³-hybridized carbons (Fsp3) is 0.0714. The van der Waals surface area contributed by atoms with Gasteiger partial charge >= 0.3 is 0 Å². The molecule has 0 heterocycles. The Bertz CT molecular complexity index is 627. The van der Waals surface area contributed by atoms with E-state index in [1.54, 1.807) is 42.5 Å². The highest BCUT2D eigenvalue weighted by atomic mass is 79.9. The second kappa shape index (κ2) is 6.40. The topological polar surface area (TPSA) is 88.1 Å². The number of hydrogen-bond donors (Lipinski definition) is 3. The Labute approximate surface area is 124 Å². The van der Waals surface area contributed by atoms with E-state index in [2.05, 4.69) is 21.1 Å². The van der Waals surface area contributed by atoms with E-state index in [1.807, 2.05) is 0 Å². The lowest BCUT2D eigenvalue weighted by atomic mass is 10.2. The van der Waals surface area contributed by atoms with E-state index in [0.717, 1.165) is 10.0 Å². The number of ether oxygens (including phenoxy) is 1. The highest BCUT2D eigenvalue weighted by Gasteiger charge is 2.10. The molecule has 6 heteroatoms. The molecule has 0 amide bonds. The van der Waals surface area contributed by atoms with Crippen LogP contribution in [-0.2, 0) is 6.61 Å². The molecular formula is C14H13BrN2O3. The van der Waals surface area contributed by atoms with Crippen LogP contribution in [0.25, 0.3) is 0 Å². The van der Waals surface area contributed by atoms with Crippen LogP contribution in [0.3, 0.4) is 0 Å². The fourth-order valence-electron chi connectivity index (χ4n) is 1.64. The largest absolute Gasteiger partial charge is 0.457 e. The Morgan fingerprint density at radius 3 is 2.50 bits per heavy atom. The van der Waals surface area contributed by atoms with E-state index in [-0.39, 0.29) is 12.4 Å². The van der Waals surface area contributed by atoms with Crippen molar-refractivity contribution in [3.63, 3.8) is 0 Å². The van der Waals surface area contributed by atoms with Gasteiger partial charge in [-0.15, -0.1) is 0 Å². The minimum atomic E-state index is -0.0283. The summed E-state index contributed by atoms with van der Waals surface area (Å²) >= 11 is 3.35. The molecule has 5 nitrogen and oxygen atoms in total. The molecule has 0 atom stereocenters. The second-order valence-electron chi connectivity index (χ2n) is 4.03. The standard InChI is InChI=1S/C14H13BrN2O3/c15-10-3-6-12(14(16)17-19)13(7-10)20-11-4-1-9(8-18)2-5-11/h1-7,18-19H,8H2,(H2,16,17). The Kier molecular flexibility index (Phi) is 4.60. The lowest BCUT2D eigenvalue weighted by Gasteiger charge is -2.11. The van der Waals surface area contributed by atoms with Crippen molar-refractivity contribution in [2.45, 2.75) is 6.61 Å². The quantitative estimate of drug-likeness (QED) is 0.346. The minimum absolute atomic E-state index is 0.0213. The van der Waals surface area contributed by atoms with Gasteiger partial charge in [-0.05, 0) is 35.9 Å². The summed E-state index contributed by atoms with van der Waals surface area (Å²) < 4.78 is 6.54. The number of nitrogens with zero attached hydrogens (tertiary/aromatic N) is 1. The molecule has 2 rings (SSSR count). The molecule has 0 spiro atoms. The van der Waals surface area contributed by atoms with Crippen LogP contribution in [0.5, 0.6) is 11.5 Å². The molecular weight excluding hydrogens is 324 g/mol. The van der Waals surface area contributed by atoms with Crippen molar-refractivity contribution in [1.82, 2.24) is 0 Å². The van der Waals surface area contributed by atoms with Crippen LogP contribution < -0.4 is 10.5 Å². The molecule has 0 aliphatic heterocycles. The van der Waals surface area contributed by atoms with Crippen molar-refractivity contribution in [2.75, 3.05) is 0 Å². The Hall–Kier alpha value is -2.05. The normalized spacial score (nSPS) is 11.4. The summed E-state index contributed by atoms with van der Waals surface area (Å²) in [4.78, 5) is 0.